The number of halogens is 9. The number of pyridine rings is 1. The lowest BCUT2D eigenvalue weighted by molar-refractivity contribution is -0.143. The molecule has 0 amide bonds. The molecule has 320 valence electrons. The van der Waals surface area contributed by atoms with Crippen molar-refractivity contribution in [1.29, 1.82) is 5.26 Å². The van der Waals surface area contributed by atoms with Gasteiger partial charge in [-0.05, 0) is 120 Å². The van der Waals surface area contributed by atoms with Crippen LogP contribution in [0.3, 0.4) is 0 Å². The normalized spacial score (nSPS) is 12.4. The third kappa shape index (κ3) is 7.11. The van der Waals surface area contributed by atoms with Crippen molar-refractivity contribution in [3.63, 3.8) is 0 Å². The van der Waals surface area contributed by atoms with Crippen LogP contribution in [0.1, 0.15) is 27.8 Å². The predicted molar refractivity (Wildman–Crippen MR) is 234 cm³/mol. The van der Waals surface area contributed by atoms with Crippen molar-refractivity contribution in [1.82, 2.24) is 14.1 Å². The lowest BCUT2D eigenvalue weighted by Crippen LogP contribution is -2.11. The quantitative estimate of drug-likeness (QED) is 0.162. The molecular weight excluding hydrogens is 852 g/mol. The molecule has 0 saturated heterocycles. The summed E-state index contributed by atoms with van der Waals surface area (Å²) in [6, 6.07) is 39.9. The molecule has 10 rings (SSSR count). The van der Waals surface area contributed by atoms with Crippen LogP contribution in [0.15, 0.2) is 158 Å². The number of benzene rings is 7. The molecule has 0 saturated carbocycles. The molecule has 7 aromatic carbocycles. The topological polar surface area (TPSA) is 46.5 Å². The maximum absolute atomic E-state index is 13.9. The molecule has 0 aliphatic heterocycles. The highest BCUT2D eigenvalue weighted by Crippen LogP contribution is 2.44. The van der Waals surface area contributed by atoms with E-state index >= 15 is 0 Å². The first kappa shape index (κ1) is 41.2. The van der Waals surface area contributed by atoms with Gasteiger partial charge in [-0.2, -0.15) is 44.8 Å². The number of nitrogens with zero attached hydrogens (tertiary/aromatic N) is 4. The summed E-state index contributed by atoms with van der Waals surface area (Å²) in [6.45, 7) is 1.62. The summed E-state index contributed by atoms with van der Waals surface area (Å²) in [7, 11) is 0. The number of aromatic nitrogens is 3. The van der Waals surface area contributed by atoms with Crippen molar-refractivity contribution in [2.24, 2.45) is 0 Å². The minimum Gasteiger partial charge on any atom is -0.309 e. The van der Waals surface area contributed by atoms with Crippen LogP contribution in [0.25, 0.3) is 88.4 Å². The van der Waals surface area contributed by atoms with Crippen molar-refractivity contribution >= 4 is 43.6 Å². The number of rotatable bonds is 5. The van der Waals surface area contributed by atoms with Crippen LogP contribution in [0.5, 0.6) is 0 Å². The third-order valence-electron chi connectivity index (χ3n) is 11.7. The van der Waals surface area contributed by atoms with E-state index in [1.165, 1.54) is 6.07 Å². The summed E-state index contributed by atoms with van der Waals surface area (Å²) in [5.74, 6) is 0. The van der Waals surface area contributed by atoms with Gasteiger partial charge in [-0.1, -0.05) is 60.7 Å². The van der Waals surface area contributed by atoms with Crippen LogP contribution in [0.4, 0.5) is 39.5 Å². The highest BCUT2D eigenvalue weighted by Gasteiger charge is 2.37. The average molecular weight is 881 g/mol. The van der Waals surface area contributed by atoms with Gasteiger partial charge in [-0.25, -0.2) is 0 Å². The van der Waals surface area contributed by atoms with E-state index in [0.717, 1.165) is 33.9 Å². The Morgan fingerprint density at radius 2 is 0.923 bits per heavy atom. The van der Waals surface area contributed by atoms with Crippen LogP contribution in [-0.2, 0) is 18.5 Å². The molecule has 0 fully saturated rings. The van der Waals surface area contributed by atoms with Crippen molar-refractivity contribution < 1.29 is 39.5 Å². The van der Waals surface area contributed by atoms with Crippen LogP contribution in [0.2, 0.25) is 0 Å². The van der Waals surface area contributed by atoms with Crippen LogP contribution >= 0.6 is 0 Å². The molecule has 0 aliphatic rings. The Morgan fingerprint density at radius 3 is 1.46 bits per heavy atom. The molecule has 0 unspecified atom stereocenters. The molecule has 3 heterocycles. The summed E-state index contributed by atoms with van der Waals surface area (Å²) in [5, 5.41) is 13.0. The van der Waals surface area contributed by atoms with Gasteiger partial charge in [-0.15, -0.1) is 0 Å². The molecule has 0 aliphatic carbocycles. The maximum Gasteiger partial charge on any atom is 0.416 e. The van der Waals surface area contributed by atoms with Gasteiger partial charge < -0.3 is 9.13 Å². The molecule has 4 nitrogen and oxygen atoms in total. The lowest BCUT2D eigenvalue weighted by atomic mass is 9.97. The number of para-hydroxylation sites is 2. The second-order valence-corrected chi connectivity index (χ2v) is 15.8. The average Bonchev–Trinajstić information content (AvgIpc) is 3.79. The fraction of sp³-hybridized carbons (Fsp3) is 0.0769. The van der Waals surface area contributed by atoms with Crippen molar-refractivity contribution in [2.75, 3.05) is 0 Å². The van der Waals surface area contributed by atoms with E-state index in [9.17, 15) is 44.8 Å². The number of nitriles is 1. The first-order valence-corrected chi connectivity index (χ1v) is 20.0. The van der Waals surface area contributed by atoms with Gasteiger partial charge >= 0.3 is 18.5 Å². The SMILES string of the molecule is Cc1cc(-c2ccc3c(c2)c2ccccc2n3-c2cc(C#N)ccc2-c2ccncc2-n2c3ccccc3c3cc(-c4cc(C(F)(F)F)cc(C(F)(F)F)c4)ccc32)cc(C(F)(F)F)c1. The zero-order valence-electron chi connectivity index (χ0n) is 33.7. The van der Waals surface area contributed by atoms with Crippen LogP contribution in [-0.4, -0.2) is 14.1 Å². The van der Waals surface area contributed by atoms with Gasteiger partial charge in [0.1, 0.15) is 0 Å². The summed E-state index contributed by atoms with van der Waals surface area (Å²) < 4.78 is 129. The molecule has 0 spiro atoms. The predicted octanol–water partition coefficient (Wildman–Crippen LogP) is 15.5. The molecule has 0 atom stereocenters. The summed E-state index contributed by atoms with van der Waals surface area (Å²) in [4.78, 5) is 4.50. The van der Waals surface area contributed by atoms with Crippen LogP contribution in [0, 0.1) is 18.3 Å². The first-order chi connectivity index (χ1) is 31.0. The molecule has 3 aromatic heterocycles. The highest BCUT2D eigenvalue weighted by molar-refractivity contribution is 6.12. The molecule has 0 N–H and O–H groups in total. The number of alkyl halides is 9. The van der Waals surface area contributed by atoms with Gasteiger partial charge in [0.2, 0.25) is 0 Å². The molecule has 0 radical (unpaired) electrons. The molecule has 10 aromatic rings. The Bertz CT molecular complexity index is 3570. The lowest BCUT2D eigenvalue weighted by Gasteiger charge is -2.18. The fourth-order valence-corrected chi connectivity index (χ4v) is 8.87. The van der Waals surface area contributed by atoms with E-state index < -0.39 is 35.2 Å². The van der Waals surface area contributed by atoms with Crippen LogP contribution < -0.4 is 0 Å². The van der Waals surface area contributed by atoms with Crippen molar-refractivity contribution in [3.05, 3.63) is 186 Å². The van der Waals surface area contributed by atoms with E-state index in [-0.39, 0.29) is 17.2 Å². The van der Waals surface area contributed by atoms with Crippen molar-refractivity contribution in [3.8, 4) is 50.8 Å². The van der Waals surface area contributed by atoms with Crippen molar-refractivity contribution in [2.45, 2.75) is 25.5 Å². The minimum atomic E-state index is -5.02. The summed E-state index contributed by atoms with van der Waals surface area (Å²) >= 11 is 0. The number of hydrogen-bond donors (Lipinski definition) is 0. The Hall–Kier alpha value is -7.85. The molecule has 13 heteroatoms. The maximum atomic E-state index is 13.9. The summed E-state index contributed by atoms with van der Waals surface area (Å²) in [6.07, 6.45) is -11.3. The van der Waals surface area contributed by atoms with E-state index in [1.807, 2.05) is 75.9 Å². The zero-order chi connectivity index (χ0) is 45.6. The third-order valence-corrected chi connectivity index (χ3v) is 11.7. The monoisotopic (exact) mass is 880 g/mol. The zero-order valence-corrected chi connectivity index (χ0v) is 33.7. The Labute approximate surface area is 363 Å². The van der Waals surface area contributed by atoms with E-state index in [0.29, 0.717) is 78.7 Å². The number of fused-ring (bicyclic) bond motifs is 6. The Kier molecular flexibility index (Phi) is 9.42. The van der Waals surface area contributed by atoms with E-state index in [4.69, 9.17) is 0 Å². The van der Waals surface area contributed by atoms with Gasteiger partial charge in [0.05, 0.1) is 68.0 Å². The van der Waals surface area contributed by atoms with Gasteiger partial charge in [0.15, 0.2) is 0 Å². The minimum absolute atomic E-state index is 0.105. The summed E-state index contributed by atoms with van der Waals surface area (Å²) in [5.41, 5.74) is 3.41. The van der Waals surface area contributed by atoms with Gasteiger partial charge in [0, 0.05) is 38.9 Å². The first-order valence-electron chi connectivity index (χ1n) is 20.0. The fourth-order valence-electron chi connectivity index (χ4n) is 8.87. The van der Waals surface area contributed by atoms with Gasteiger partial charge in [0.25, 0.3) is 0 Å². The molecule has 65 heavy (non-hydrogen) atoms. The second-order valence-electron chi connectivity index (χ2n) is 15.8. The Balaban J connectivity index is 1.18. The highest BCUT2D eigenvalue weighted by atomic mass is 19.4. The number of hydrogen-bond acceptors (Lipinski definition) is 2. The Morgan fingerprint density at radius 1 is 0.446 bits per heavy atom. The van der Waals surface area contributed by atoms with E-state index in [1.54, 1.807) is 61.8 Å². The smallest absolute Gasteiger partial charge is 0.309 e. The molecular formula is C52H29F9N4. The van der Waals surface area contributed by atoms with Gasteiger partial charge in [-0.3, -0.25) is 4.98 Å². The van der Waals surface area contributed by atoms with E-state index in [2.05, 4.69) is 11.1 Å². The number of aryl methyl sites for hydroxylation is 1. The molecule has 0 bridgehead atoms. The second kappa shape index (κ2) is 14.9. The standard InChI is InChI=1S/C52H29F9N4/c1-29-18-33(21-35(19-29)50(53,54)55)31-11-14-46-42(24-31)38-6-2-4-8-44(38)64(46)48-20-30(27-62)10-13-40(48)41-16-17-63-28-49(41)65-45-9-5-3-7-39(45)43-25-32(12-15-47(43)65)34-22-36(51(56,57)58)26-37(23-34)52(59,60)61/h2-26,28H,1H3. The largest absolute Gasteiger partial charge is 0.416 e.